The van der Waals surface area contributed by atoms with Crippen LogP contribution in [0, 0.1) is 0 Å². The maximum Gasteiger partial charge on any atom is 0.264 e. The Kier molecular flexibility index (Phi) is 19.3. The van der Waals surface area contributed by atoms with E-state index in [0.29, 0.717) is 6.42 Å². The third-order valence-electron chi connectivity index (χ3n) is 3.60. The van der Waals surface area contributed by atoms with E-state index >= 15 is 0 Å². The van der Waals surface area contributed by atoms with Gasteiger partial charge >= 0.3 is 0 Å². The predicted octanol–water partition coefficient (Wildman–Crippen LogP) is 3.56. The van der Waals surface area contributed by atoms with Crippen LogP contribution in [0.25, 0.3) is 0 Å². The summed E-state index contributed by atoms with van der Waals surface area (Å²) in [6.45, 7) is 2.23. The third-order valence-corrected chi connectivity index (χ3v) is 4.35. The fourth-order valence-electron chi connectivity index (χ4n) is 2.30. The van der Waals surface area contributed by atoms with Crippen LogP contribution in [0.5, 0.6) is 0 Å². The van der Waals surface area contributed by atoms with Crippen molar-refractivity contribution in [3.8, 4) is 0 Å². The molecule has 0 spiro atoms. The van der Waals surface area contributed by atoms with E-state index in [1.165, 1.54) is 51.4 Å². The SMILES string of the molecule is CCCCCCCCCCCCC(O)CCS(=O)(=O)O.[K]. The second-order valence-electron chi connectivity index (χ2n) is 5.70. The average molecular weight is 348 g/mol. The molecular formula is C15H32KO4S. The van der Waals surface area contributed by atoms with E-state index in [9.17, 15) is 13.5 Å². The molecule has 1 atom stereocenters. The van der Waals surface area contributed by atoms with Gasteiger partial charge in [0.15, 0.2) is 0 Å². The summed E-state index contributed by atoms with van der Waals surface area (Å²) in [5, 5.41) is 9.56. The van der Waals surface area contributed by atoms with Gasteiger partial charge in [-0.05, 0) is 12.8 Å². The summed E-state index contributed by atoms with van der Waals surface area (Å²) < 4.78 is 29.6. The molecule has 0 aromatic rings. The average Bonchev–Trinajstić information content (AvgIpc) is 2.38. The zero-order valence-electron chi connectivity index (χ0n) is 13.9. The first-order chi connectivity index (χ1) is 9.45. The zero-order chi connectivity index (χ0) is 15.3. The minimum atomic E-state index is -3.93. The van der Waals surface area contributed by atoms with E-state index < -0.39 is 16.2 Å². The van der Waals surface area contributed by atoms with E-state index in [4.69, 9.17) is 4.55 Å². The Hall–Kier alpha value is 1.51. The van der Waals surface area contributed by atoms with E-state index in [-0.39, 0.29) is 63.6 Å². The molecule has 0 fully saturated rings. The van der Waals surface area contributed by atoms with Gasteiger partial charge in [0.25, 0.3) is 10.1 Å². The van der Waals surface area contributed by atoms with Crippen LogP contribution in [-0.4, -0.2) is 81.3 Å². The second kappa shape index (κ2) is 16.4. The summed E-state index contributed by atoms with van der Waals surface area (Å²) in [6, 6.07) is 0. The molecule has 0 aliphatic rings. The number of aliphatic hydroxyl groups excluding tert-OH is 1. The van der Waals surface area contributed by atoms with Crippen LogP contribution in [-0.2, 0) is 10.1 Å². The van der Waals surface area contributed by atoms with Gasteiger partial charge in [-0.1, -0.05) is 71.1 Å². The summed E-state index contributed by atoms with van der Waals surface area (Å²) >= 11 is 0. The van der Waals surface area contributed by atoms with Crippen molar-refractivity contribution < 1.29 is 18.1 Å². The van der Waals surface area contributed by atoms with Crippen LogP contribution in [0.15, 0.2) is 0 Å². The van der Waals surface area contributed by atoms with Gasteiger partial charge in [-0.25, -0.2) is 0 Å². The van der Waals surface area contributed by atoms with E-state index in [1.807, 2.05) is 0 Å². The molecule has 0 aromatic carbocycles. The quantitative estimate of drug-likeness (QED) is 0.286. The molecular weight excluding hydrogens is 315 g/mol. The molecule has 0 amide bonds. The molecule has 0 aliphatic heterocycles. The molecule has 21 heavy (non-hydrogen) atoms. The first-order valence-corrected chi connectivity index (χ1v) is 9.70. The summed E-state index contributed by atoms with van der Waals surface area (Å²) in [5.41, 5.74) is 0. The van der Waals surface area contributed by atoms with Gasteiger partial charge < -0.3 is 5.11 Å². The van der Waals surface area contributed by atoms with Crippen molar-refractivity contribution in [2.45, 2.75) is 90.1 Å². The normalized spacial score (nSPS) is 12.9. The van der Waals surface area contributed by atoms with Gasteiger partial charge in [0, 0.05) is 51.4 Å². The number of aliphatic hydroxyl groups is 1. The monoisotopic (exact) mass is 347 g/mol. The van der Waals surface area contributed by atoms with Gasteiger partial charge in [0.05, 0.1) is 11.9 Å². The molecule has 0 bridgehead atoms. The molecule has 0 saturated heterocycles. The Labute approximate surface area is 173 Å². The van der Waals surface area contributed by atoms with E-state index in [0.717, 1.165) is 12.8 Å². The summed E-state index contributed by atoms with van der Waals surface area (Å²) in [5.74, 6) is -0.341. The van der Waals surface area contributed by atoms with Crippen molar-refractivity contribution in [1.29, 1.82) is 0 Å². The summed E-state index contributed by atoms with van der Waals surface area (Å²) in [6.07, 6.45) is 12.6. The maximum atomic E-state index is 10.5. The molecule has 4 nitrogen and oxygen atoms in total. The Morgan fingerprint density at radius 3 is 1.67 bits per heavy atom. The van der Waals surface area contributed by atoms with Crippen LogP contribution in [0.1, 0.15) is 84.0 Å². The largest absolute Gasteiger partial charge is 0.393 e. The number of unbranched alkanes of at least 4 members (excludes halogenated alkanes) is 9. The van der Waals surface area contributed by atoms with Crippen molar-refractivity contribution >= 4 is 61.5 Å². The number of hydrogen-bond acceptors (Lipinski definition) is 3. The van der Waals surface area contributed by atoms with Crippen LogP contribution in [0.2, 0.25) is 0 Å². The van der Waals surface area contributed by atoms with Crippen molar-refractivity contribution in [2.24, 2.45) is 0 Å². The van der Waals surface area contributed by atoms with Crippen molar-refractivity contribution in [3.05, 3.63) is 0 Å². The molecule has 1 unspecified atom stereocenters. The Bertz CT molecular complexity index is 307. The van der Waals surface area contributed by atoms with Gasteiger partial charge in [-0.2, -0.15) is 8.42 Å². The van der Waals surface area contributed by atoms with E-state index in [1.54, 1.807) is 0 Å². The summed E-state index contributed by atoms with van der Waals surface area (Å²) in [7, 11) is -3.93. The van der Waals surface area contributed by atoms with Crippen molar-refractivity contribution in [2.75, 3.05) is 5.75 Å². The minimum Gasteiger partial charge on any atom is -0.393 e. The van der Waals surface area contributed by atoms with E-state index in [2.05, 4.69) is 6.92 Å². The Balaban J connectivity index is 0. The molecule has 0 aromatic heterocycles. The predicted molar refractivity (Wildman–Crippen MR) is 89.3 cm³/mol. The number of hydrogen-bond donors (Lipinski definition) is 2. The summed E-state index contributed by atoms with van der Waals surface area (Å²) in [4.78, 5) is 0. The van der Waals surface area contributed by atoms with Gasteiger partial charge in [-0.15, -0.1) is 0 Å². The molecule has 2 N–H and O–H groups in total. The van der Waals surface area contributed by atoms with Crippen LogP contribution in [0.3, 0.4) is 0 Å². The fraction of sp³-hybridized carbons (Fsp3) is 1.00. The zero-order valence-corrected chi connectivity index (χ0v) is 17.8. The smallest absolute Gasteiger partial charge is 0.264 e. The Morgan fingerprint density at radius 2 is 1.24 bits per heavy atom. The van der Waals surface area contributed by atoms with Crippen LogP contribution >= 0.6 is 0 Å². The van der Waals surface area contributed by atoms with Gasteiger partial charge in [-0.3, -0.25) is 4.55 Å². The topological polar surface area (TPSA) is 74.6 Å². The van der Waals surface area contributed by atoms with Crippen molar-refractivity contribution in [1.82, 2.24) is 0 Å². The molecule has 6 heteroatoms. The molecule has 0 saturated carbocycles. The fourth-order valence-corrected chi connectivity index (χ4v) is 2.87. The standard InChI is InChI=1S/C15H32O4S.K/c1-2-3-4-5-6-7-8-9-10-11-12-15(16)13-14-20(17,18)19;/h15-16H,2-14H2,1H3,(H,17,18,19);. The van der Waals surface area contributed by atoms with Crippen molar-refractivity contribution in [3.63, 3.8) is 0 Å². The number of rotatable bonds is 14. The van der Waals surface area contributed by atoms with Gasteiger partial charge in [0.1, 0.15) is 0 Å². The molecule has 1 radical (unpaired) electrons. The minimum absolute atomic E-state index is 0. The van der Waals surface area contributed by atoms with Crippen LogP contribution < -0.4 is 0 Å². The molecule has 0 rings (SSSR count). The molecule has 123 valence electrons. The second-order valence-corrected chi connectivity index (χ2v) is 7.27. The first kappa shape index (κ1) is 24.8. The Morgan fingerprint density at radius 1 is 0.810 bits per heavy atom. The molecule has 0 heterocycles. The molecule has 0 aliphatic carbocycles. The first-order valence-electron chi connectivity index (χ1n) is 8.09. The third kappa shape index (κ3) is 21.5. The van der Waals surface area contributed by atoms with Gasteiger partial charge in [0.2, 0.25) is 0 Å². The maximum absolute atomic E-state index is 10.5. The van der Waals surface area contributed by atoms with Crippen LogP contribution in [0.4, 0.5) is 0 Å².